The van der Waals surface area contributed by atoms with Crippen molar-refractivity contribution in [2.24, 2.45) is 5.92 Å². The summed E-state index contributed by atoms with van der Waals surface area (Å²) in [7, 11) is 0. The fourth-order valence-corrected chi connectivity index (χ4v) is 6.33. The molecule has 0 heterocycles. The second-order valence-electron chi connectivity index (χ2n) is 10.9. The molecule has 0 saturated heterocycles. The summed E-state index contributed by atoms with van der Waals surface area (Å²) in [5.41, 5.74) is 0.507. The van der Waals surface area contributed by atoms with Crippen molar-refractivity contribution in [2.45, 2.75) is 109 Å². The minimum atomic E-state index is -5.24. The van der Waals surface area contributed by atoms with Crippen molar-refractivity contribution in [3.63, 3.8) is 0 Å². The molecule has 38 heavy (non-hydrogen) atoms. The Morgan fingerprint density at radius 2 is 1.45 bits per heavy atom. The molecule has 1 atom stereocenters. The fraction of sp³-hybridized carbons (Fsp3) is 0.600. The molecule has 0 amide bonds. The molecule has 0 aromatic heterocycles. The third-order valence-electron chi connectivity index (χ3n) is 8.34. The average molecular weight is 545 g/mol. The fourth-order valence-electron chi connectivity index (χ4n) is 6.33. The number of hydrogen-bond donors (Lipinski definition) is 0. The summed E-state index contributed by atoms with van der Waals surface area (Å²) < 4.78 is 101. The van der Waals surface area contributed by atoms with Gasteiger partial charge in [-0.05, 0) is 97.6 Å². The Kier molecular flexibility index (Phi) is 9.30. The van der Waals surface area contributed by atoms with Gasteiger partial charge in [0, 0.05) is 5.56 Å². The van der Waals surface area contributed by atoms with Crippen LogP contribution in [0.3, 0.4) is 0 Å². The Morgan fingerprint density at radius 3 is 2.08 bits per heavy atom. The summed E-state index contributed by atoms with van der Waals surface area (Å²) >= 11 is 0. The normalized spacial score (nSPS) is 21.8. The van der Waals surface area contributed by atoms with Gasteiger partial charge in [0.05, 0.1) is 0 Å². The number of fused-ring (bicyclic) bond motifs is 1. The lowest BCUT2D eigenvalue weighted by atomic mass is 9.75. The molecule has 0 bridgehead atoms. The topological polar surface area (TPSA) is 9.23 Å². The van der Waals surface area contributed by atoms with Crippen LogP contribution in [0.15, 0.2) is 18.2 Å². The van der Waals surface area contributed by atoms with E-state index in [1.165, 1.54) is 50.7 Å². The SMILES string of the molecule is CCCCCCCC1CCC(c2cc(F)c(C3CCc4c(cc(F)c(OC(F)(F)F)c4F)C3)c(F)c2)CC1. The van der Waals surface area contributed by atoms with Crippen molar-refractivity contribution in [1.29, 1.82) is 0 Å². The highest BCUT2D eigenvalue weighted by Crippen LogP contribution is 2.43. The molecule has 1 saturated carbocycles. The van der Waals surface area contributed by atoms with Gasteiger partial charge in [-0.3, -0.25) is 0 Å². The molecule has 0 radical (unpaired) electrons. The van der Waals surface area contributed by atoms with Crippen LogP contribution in [-0.4, -0.2) is 6.36 Å². The molecule has 4 rings (SSSR count). The highest BCUT2D eigenvalue weighted by Gasteiger charge is 2.37. The van der Waals surface area contributed by atoms with Gasteiger partial charge in [-0.1, -0.05) is 45.4 Å². The Balaban J connectivity index is 1.42. The highest BCUT2D eigenvalue weighted by molar-refractivity contribution is 5.43. The van der Waals surface area contributed by atoms with E-state index >= 15 is 8.78 Å². The number of ether oxygens (including phenoxy) is 1. The van der Waals surface area contributed by atoms with Crippen molar-refractivity contribution < 1.29 is 35.5 Å². The van der Waals surface area contributed by atoms with Crippen LogP contribution in [0.4, 0.5) is 30.7 Å². The number of hydrogen-bond acceptors (Lipinski definition) is 1. The zero-order valence-corrected chi connectivity index (χ0v) is 21.7. The first-order valence-corrected chi connectivity index (χ1v) is 13.8. The van der Waals surface area contributed by atoms with Crippen LogP contribution in [0.2, 0.25) is 0 Å². The van der Waals surface area contributed by atoms with Crippen LogP contribution in [0.25, 0.3) is 0 Å². The summed E-state index contributed by atoms with van der Waals surface area (Å²) in [6.07, 6.45) is 6.13. The molecule has 2 aliphatic carbocycles. The van der Waals surface area contributed by atoms with Crippen molar-refractivity contribution in [1.82, 2.24) is 0 Å². The van der Waals surface area contributed by atoms with Crippen LogP contribution < -0.4 is 4.74 Å². The summed E-state index contributed by atoms with van der Waals surface area (Å²) in [4.78, 5) is 0. The van der Waals surface area contributed by atoms with E-state index in [0.29, 0.717) is 11.5 Å². The summed E-state index contributed by atoms with van der Waals surface area (Å²) in [6, 6.07) is 3.56. The van der Waals surface area contributed by atoms with Gasteiger partial charge in [0.15, 0.2) is 11.6 Å². The summed E-state index contributed by atoms with van der Waals surface area (Å²) in [5.74, 6) is -5.65. The van der Waals surface area contributed by atoms with E-state index in [2.05, 4.69) is 11.7 Å². The second kappa shape index (κ2) is 12.3. The quantitative estimate of drug-likeness (QED) is 0.225. The smallest absolute Gasteiger partial charge is 0.399 e. The Morgan fingerprint density at radius 1 is 0.789 bits per heavy atom. The number of halogens is 7. The molecule has 0 aliphatic heterocycles. The lowest BCUT2D eigenvalue weighted by Gasteiger charge is -2.30. The molecule has 2 aromatic rings. The third-order valence-corrected chi connectivity index (χ3v) is 8.34. The van der Waals surface area contributed by atoms with Crippen LogP contribution in [0, 0.1) is 29.2 Å². The molecule has 1 fully saturated rings. The van der Waals surface area contributed by atoms with Gasteiger partial charge in [0.1, 0.15) is 11.6 Å². The molecule has 210 valence electrons. The van der Waals surface area contributed by atoms with Gasteiger partial charge in [0.25, 0.3) is 0 Å². The first-order chi connectivity index (χ1) is 18.1. The van der Waals surface area contributed by atoms with E-state index in [-0.39, 0.29) is 41.9 Å². The van der Waals surface area contributed by atoms with Crippen LogP contribution >= 0.6 is 0 Å². The molecule has 1 unspecified atom stereocenters. The number of alkyl halides is 3. The van der Waals surface area contributed by atoms with E-state index < -0.39 is 41.3 Å². The van der Waals surface area contributed by atoms with E-state index in [1.807, 2.05) is 0 Å². The molecule has 2 aliphatic rings. The lowest BCUT2D eigenvalue weighted by molar-refractivity contribution is -0.276. The molecular weight excluding hydrogens is 509 g/mol. The van der Waals surface area contributed by atoms with E-state index in [1.54, 1.807) is 0 Å². The van der Waals surface area contributed by atoms with Crippen LogP contribution in [-0.2, 0) is 12.8 Å². The monoisotopic (exact) mass is 544 g/mol. The molecule has 0 spiro atoms. The van der Waals surface area contributed by atoms with Gasteiger partial charge in [-0.25, -0.2) is 17.6 Å². The standard InChI is InChI=1S/C30H35F7O/c1-2-3-4-5-6-7-18-8-10-19(11-9-18)21-15-24(31)27(25(32)16-21)20-12-13-23-22(14-20)17-26(33)29(28(23)34)38-30(35,36)37/h15-20H,2-14H2,1H3. The van der Waals surface area contributed by atoms with Gasteiger partial charge < -0.3 is 4.74 Å². The first kappa shape index (κ1) is 28.8. The van der Waals surface area contributed by atoms with E-state index in [4.69, 9.17) is 0 Å². The van der Waals surface area contributed by atoms with Gasteiger partial charge >= 0.3 is 6.36 Å². The number of unbranched alkanes of at least 4 members (excludes halogenated alkanes) is 4. The second-order valence-corrected chi connectivity index (χ2v) is 10.9. The zero-order valence-electron chi connectivity index (χ0n) is 21.7. The maximum absolute atomic E-state index is 15.2. The molecule has 1 nitrogen and oxygen atoms in total. The molecule has 2 aromatic carbocycles. The predicted octanol–water partition coefficient (Wildman–Crippen LogP) is 10.0. The van der Waals surface area contributed by atoms with Crippen molar-refractivity contribution >= 4 is 0 Å². The largest absolute Gasteiger partial charge is 0.573 e. The Hall–Kier alpha value is -2.25. The minimum Gasteiger partial charge on any atom is -0.399 e. The summed E-state index contributed by atoms with van der Waals surface area (Å²) in [6.45, 7) is 2.20. The van der Waals surface area contributed by atoms with Gasteiger partial charge in [0.2, 0.25) is 5.75 Å². The molecule has 0 N–H and O–H groups in total. The molecule has 8 heteroatoms. The Labute approximate surface area is 219 Å². The first-order valence-electron chi connectivity index (χ1n) is 13.8. The lowest BCUT2D eigenvalue weighted by Crippen LogP contribution is -2.22. The number of rotatable bonds is 9. The van der Waals surface area contributed by atoms with Crippen molar-refractivity contribution in [3.05, 3.63) is 63.7 Å². The third kappa shape index (κ3) is 6.84. The highest BCUT2D eigenvalue weighted by atomic mass is 19.4. The minimum absolute atomic E-state index is 0.0774. The van der Waals surface area contributed by atoms with E-state index in [9.17, 15) is 22.0 Å². The predicted molar refractivity (Wildman–Crippen MR) is 132 cm³/mol. The zero-order chi connectivity index (χ0) is 27.4. The summed E-state index contributed by atoms with van der Waals surface area (Å²) in [5, 5.41) is 0. The average Bonchev–Trinajstić information content (AvgIpc) is 2.86. The van der Waals surface area contributed by atoms with Crippen molar-refractivity contribution in [3.8, 4) is 5.75 Å². The maximum atomic E-state index is 15.2. The number of benzene rings is 2. The van der Waals surface area contributed by atoms with Gasteiger partial charge in [-0.2, -0.15) is 0 Å². The Bertz CT molecular complexity index is 1080. The van der Waals surface area contributed by atoms with Gasteiger partial charge in [-0.15, -0.1) is 13.2 Å². The molecular formula is C30H35F7O. The van der Waals surface area contributed by atoms with E-state index in [0.717, 1.165) is 31.7 Å². The van der Waals surface area contributed by atoms with Crippen molar-refractivity contribution in [2.75, 3.05) is 0 Å². The van der Waals surface area contributed by atoms with Crippen LogP contribution in [0.1, 0.15) is 112 Å². The maximum Gasteiger partial charge on any atom is 0.573 e. The van der Waals surface area contributed by atoms with Crippen LogP contribution in [0.5, 0.6) is 5.75 Å².